The van der Waals surface area contributed by atoms with E-state index in [0.717, 1.165) is 29.7 Å². The summed E-state index contributed by atoms with van der Waals surface area (Å²) in [5.74, 6) is -1.13. The van der Waals surface area contributed by atoms with E-state index in [1.807, 2.05) is 74.5 Å². The molecule has 0 saturated carbocycles. The second-order valence-corrected chi connectivity index (χ2v) is 12.6. The molecule has 0 bridgehead atoms. The number of halogens is 3. The van der Waals surface area contributed by atoms with Crippen LogP contribution >= 0.6 is 0 Å². The number of piperazine rings is 1. The van der Waals surface area contributed by atoms with Crippen molar-refractivity contribution in [2.24, 2.45) is 11.8 Å². The summed E-state index contributed by atoms with van der Waals surface area (Å²) in [6.07, 6.45) is -4.09. The zero-order valence-corrected chi connectivity index (χ0v) is 26.4. The van der Waals surface area contributed by atoms with Crippen LogP contribution in [0.25, 0.3) is 0 Å². The Labute approximate surface area is 267 Å². The normalized spacial score (nSPS) is 20.2. The molecule has 2 heterocycles. The van der Waals surface area contributed by atoms with Gasteiger partial charge in [-0.2, -0.15) is 13.2 Å². The van der Waals surface area contributed by atoms with Crippen molar-refractivity contribution in [2.45, 2.75) is 71.6 Å². The largest absolute Gasteiger partial charge is 0.444 e. The number of benzene rings is 3. The first kappa shape index (κ1) is 33.0. The van der Waals surface area contributed by atoms with Crippen molar-refractivity contribution in [2.75, 3.05) is 13.1 Å². The maximum absolute atomic E-state index is 14.1. The second kappa shape index (κ2) is 14.0. The van der Waals surface area contributed by atoms with Crippen molar-refractivity contribution in [3.8, 4) is 0 Å². The molecule has 3 aromatic carbocycles. The molecule has 5 rings (SSSR count). The maximum Gasteiger partial charge on any atom is 0.416 e. The van der Waals surface area contributed by atoms with Crippen molar-refractivity contribution in [1.82, 2.24) is 14.7 Å². The van der Waals surface area contributed by atoms with Crippen LogP contribution in [-0.2, 0) is 40.1 Å². The molecule has 0 N–H and O–H groups in total. The molecule has 3 aromatic rings. The molecule has 0 unspecified atom stereocenters. The van der Waals surface area contributed by atoms with E-state index < -0.39 is 36.0 Å². The highest BCUT2D eigenvalue weighted by molar-refractivity contribution is 5.92. The molecular weight excluding hydrogens is 595 g/mol. The predicted octanol–water partition coefficient (Wildman–Crippen LogP) is 6.83. The summed E-state index contributed by atoms with van der Waals surface area (Å²) in [6.45, 7) is 5.47. The molecular formula is C36H40F3N3O4. The standard InChI is InChI=1S/C36H40F3N3O4/c1-24(2)32-34(44)40(20-27-13-8-5-9-14-27)22-31-41(35(45)46-23-28-17-25(3)18-30(19-28)36(37,38)39)21-29(33(43)42(31)32)16-10-15-26-11-6-4-7-12-26/h4-9,11-14,17-19,24,29,31-32H,10,15-16,20-23H2,1-3H3/t29-,31+,32-/m0/s1. The van der Waals surface area contributed by atoms with Gasteiger partial charge in [-0.1, -0.05) is 86.1 Å². The third kappa shape index (κ3) is 7.54. The van der Waals surface area contributed by atoms with Crippen LogP contribution < -0.4 is 0 Å². The molecule has 2 aliphatic heterocycles. The average Bonchev–Trinajstić information content (AvgIpc) is 3.02. The number of amides is 3. The first-order chi connectivity index (χ1) is 21.9. The number of hydrogen-bond acceptors (Lipinski definition) is 4. The fourth-order valence-corrected chi connectivity index (χ4v) is 6.55. The Bertz CT molecular complexity index is 1530. The lowest BCUT2D eigenvalue weighted by Crippen LogP contribution is -2.73. The van der Waals surface area contributed by atoms with Crippen molar-refractivity contribution < 1.29 is 32.3 Å². The van der Waals surface area contributed by atoms with Gasteiger partial charge in [0.25, 0.3) is 0 Å². The number of ether oxygens (including phenoxy) is 1. The van der Waals surface area contributed by atoms with Crippen LogP contribution in [0.1, 0.15) is 54.5 Å². The number of nitrogens with zero attached hydrogens (tertiary/aromatic N) is 3. The van der Waals surface area contributed by atoms with Gasteiger partial charge in [0.1, 0.15) is 18.8 Å². The smallest absolute Gasteiger partial charge is 0.416 e. The van der Waals surface area contributed by atoms with E-state index in [0.29, 0.717) is 24.9 Å². The third-order valence-electron chi connectivity index (χ3n) is 8.72. The molecule has 7 nitrogen and oxygen atoms in total. The van der Waals surface area contributed by atoms with Crippen molar-refractivity contribution in [1.29, 1.82) is 0 Å². The summed E-state index contributed by atoms with van der Waals surface area (Å²) in [6, 6.07) is 22.2. The van der Waals surface area contributed by atoms with E-state index in [9.17, 15) is 27.6 Å². The first-order valence-corrected chi connectivity index (χ1v) is 15.7. The number of carbonyl (C=O) groups is 3. The minimum atomic E-state index is -4.53. The Hall–Kier alpha value is -4.34. The highest BCUT2D eigenvalue weighted by Gasteiger charge is 2.52. The van der Waals surface area contributed by atoms with Crippen molar-refractivity contribution in [3.05, 3.63) is 107 Å². The molecule has 2 saturated heterocycles. The van der Waals surface area contributed by atoms with Gasteiger partial charge in [-0.25, -0.2) is 4.79 Å². The number of carbonyl (C=O) groups excluding carboxylic acids is 3. The molecule has 46 heavy (non-hydrogen) atoms. The van der Waals surface area contributed by atoms with Crippen molar-refractivity contribution >= 4 is 17.9 Å². The Kier molecular flexibility index (Phi) is 10.0. The van der Waals surface area contributed by atoms with Crippen LogP contribution in [-0.4, -0.2) is 57.9 Å². The lowest BCUT2D eigenvalue weighted by molar-refractivity contribution is -0.176. The summed E-state index contributed by atoms with van der Waals surface area (Å²) in [7, 11) is 0. The summed E-state index contributed by atoms with van der Waals surface area (Å²) >= 11 is 0. The zero-order chi connectivity index (χ0) is 33.0. The highest BCUT2D eigenvalue weighted by Crippen LogP contribution is 2.34. The summed E-state index contributed by atoms with van der Waals surface area (Å²) < 4.78 is 46.0. The fourth-order valence-electron chi connectivity index (χ4n) is 6.55. The molecule has 244 valence electrons. The number of alkyl halides is 3. The monoisotopic (exact) mass is 635 g/mol. The van der Waals surface area contributed by atoms with Gasteiger partial charge < -0.3 is 14.5 Å². The van der Waals surface area contributed by atoms with E-state index in [4.69, 9.17) is 4.74 Å². The van der Waals surface area contributed by atoms with Gasteiger partial charge in [-0.15, -0.1) is 0 Å². The van der Waals surface area contributed by atoms with Gasteiger partial charge in [0, 0.05) is 13.1 Å². The van der Waals surface area contributed by atoms with Crippen LogP contribution in [0.5, 0.6) is 0 Å². The fraction of sp³-hybridized carbons (Fsp3) is 0.417. The molecule has 3 amide bonds. The minimum Gasteiger partial charge on any atom is -0.444 e. The summed E-state index contributed by atoms with van der Waals surface area (Å²) in [4.78, 5) is 46.6. The van der Waals surface area contributed by atoms with Gasteiger partial charge in [0.15, 0.2) is 0 Å². The van der Waals surface area contributed by atoms with E-state index >= 15 is 0 Å². The van der Waals surface area contributed by atoms with Crippen LogP contribution in [0.4, 0.5) is 18.0 Å². The van der Waals surface area contributed by atoms with Gasteiger partial charge in [-0.3, -0.25) is 14.5 Å². The topological polar surface area (TPSA) is 70.2 Å². The first-order valence-electron chi connectivity index (χ1n) is 15.7. The van der Waals surface area contributed by atoms with Gasteiger partial charge in [0.2, 0.25) is 11.8 Å². The lowest BCUT2D eigenvalue weighted by Gasteiger charge is -2.54. The Morgan fingerprint density at radius 3 is 2.17 bits per heavy atom. The lowest BCUT2D eigenvalue weighted by atomic mass is 9.89. The maximum atomic E-state index is 14.1. The van der Waals surface area contributed by atoms with Crippen LogP contribution in [0.3, 0.4) is 0 Å². The third-order valence-corrected chi connectivity index (χ3v) is 8.72. The second-order valence-electron chi connectivity index (χ2n) is 12.6. The zero-order valence-electron chi connectivity index (χ0n) is 26.4. The van der Waals surface area contributed by atoms with Gasteiger partial charge in [0.05, 0.1) is 18.0 Å². The molecule has 10 heteroatoms. The molecule has 2 aliphatic rings. The Balaban J connectivity index is 1.41. The average molecular weight is 636 g/mol. The highest BCUT2D eigenvalue weighted by atomic mass is 19.4. The molecule has 0 aliphatic carbocycles. The number of fused-ring (bicyclic) bond motifs is 1. The summed E-state index contributed by atoms with van der Waals surface area (Å²) in [5, 5.41) is 0. The van der Waals surface area contributed by atoms with E-state index in [1.54, 1.807) is 22.8 Å². The predicted molar refractivity (Wildman–Crippen MR) is 167 cm³/mol. The quantitative estimate of drug-likeness (QED) is 0.259. The van der Waals surface area contributed by atoms with Crippen LogP contribution in [0.15, 0.2) is 78.9 Å². The number of aryl methyl sites for hydroxylation is 2. The summed E-state index contributed by atoms with van der Waals surface area (Å²) in [5.41, 5.74) is 1.86. The Morgan fingerprint density at radius 1 is 0.891 bits per heavy atom. The molecule has 0 spiro atoms. The molecule has 3 atom stereocenters. The SMILES string of the molecule is Cc1cc(COC(=O)N2C[C@H](CCCc3ccccc3)C(=O)N3[C@@H](C(C)C)C(=O)N(Cc4ccccc4)C[C@H]23)cc(C(F)(F)F)c1. The van der Waals surface area contributed by atoms with Crippen LogP contribution in [0, 0.1) is 18.8 Å². The molecule has 0 aromatic heterocycles. The Morgan fingerprint density at radius 2 is 1.54 bits per heavy atom. The van der Waals surface area contributed by atoms with E-state index in [2.05, 4.69) is 0 Å². The molecule has 2 fully saturated rings. The molecule has 0 radical (unpaired) electrons. The van der Waals surface area contributed by atoms with Gasteiger partial charge in [-0.05, 0) is 60.9 Å². The minimum absolute atomic E-state index is 0.0907. The van der Waals surface area contributed by atoms with E-state index in [1.165, 1.54) is 4.90 Å². The van der Waals surface area contributed by atoms with Crippen molar-refractivity contribution in [3.63, 3.8) is 0 Å². The number of hydrogen-bond donors (Lipinski definition) is 0. The van der Waals surface area contributed by atoms with Gasteiger partial charge >= 0.3 is 12.3 Å². The number of rotatable bonds is 9. The van der Waals surface area contributed by atoms with E-state index in [-0.39, 0.29) is 43.0 Å². The van der Waals surface area contributed by atoms with Crippen LogP contribution in [0.2, 0.25) is 0 Å².